The molecular formula is C36H41F2N5O5. The minimum atomic E-state index is -1.26. The SMILES string of the molecule is C#Cc1c(F)ccc2cc(O)cc(C3NC(OC)=c4c(N5CCOC[C@@](C)(O)C5)nc(OC[C@]56CCC[C@H]5N(C)CCC6)nc4=C3F)c12. The van der Waals surface area contributed by atoms with E-state index in [9.17, 15) is 14.6 Å². The number of phenolic OH excluding ortho intramolecular Hbond substituents is 1. The second-order valence-corrected chi connectivity index (χ2v) is 13.8. The van der Waals surface area contributed by atoms with Gasteiger partial charge in [-0.1, -0.05) is 18.4 Å². The molecule has 2 aromatic carbocycles. The van der Waals surface area contributed by atoms with Crippen LogP contribution in [0.25, 0.3) is 22.5 Å². The first-order chi connectivity index (χ1) is 23.0. The van der Waals surface area contributed by atoms with E-state index in [-0.39, 0.29) is 63.3 Å². The van der Waals surface area contributed by atoms with E-state index < -0.39 is 23.3 Å². The molecule has 10 nitrogen and oxygen atoms in total. The molecule has 1 unspecified atom stereocenters. The molecule has 1 aromatic heterocycles. The van der Waals surface area contributed by atoms with Gasteiger partial charge in [0.05, 0.1) is 39.0 Å². The molecule has 0 amide bonds. The summed E-state index contributed by atoms with van der Waals surface area (Å²) in [7, 11) is 3.60. The summed E-state index contributed by atoms with van der Waals surface area (Å²) < 4.78 is 50.1. The summed E-state index contributed by atoms with van der Waals surface area (Å²) in [5.74, 6) is 1.36. The van der Waals surface area contributed by atoms with Crippen molar-refractivity contribution >= 4 is 28.3 Å². The highest BCUT2D eigenvalue weighted by atomic mass is 19.1. The Morgan fingerprint density at radius 3 is 2.79 bits per heavy atom. The number of methoxy groups -OCH3 is 1. The zero-order valence-electron chi connectivity index (χ0n) is 27.5. The summed E-state index contributed by atoms with van der Waals surface area (Å²) in [5.41, 5.74) is -1.11. The zero-order valence-corrected chi connectivity index (χ0v) is 27.5. The Bertz CT molecular complexity index is 1930. The van der Waals surface area contributed by atoms with Gasteiger partial charge in [-0.15, -0.1) is 6.42 Å². The van der Waals surface area contributed by atoms with Crippen molar-refractivity contribution in [3.8, 4) is 24.1 Å². The number of ether oxygens (including phenoxy) is 3. The maximum Gasteiger partial charge on any atom is 0.319 e. The molecule has 4 atom stereocenters. The van der Waals surface area contributed by atoms with E-state index in [1.54, 1.807) is 6.92 Å². The van der Waals surface area contributed by atoms with Crippen LogP contribution in [-0.2, 0) is 9.47 Å². The molecule has 7 rings (SSSR count). The van der Waals surface area contributed by atoms with E-state index >= 15 is 4.39 Å². The molecule has 4 aliphatic rings. The summed E-state index contributed by atoms with van der Waals surface area (Å²) in [6.45, 7) is 4.04. The topological polar surface area (TPSA) is 112 Å². The number of aromatic hydroxyl groups is 1. The van der Waals surface area contributed by atoms with E-state index in [1.807, 2.05) is 4.90 Å². The van der Waals surface area contributed by atoms with Crippen molar-refractivity contribution in [2.45, 2.75) is 56.7 Å². The molecule has 3 fully saturated rings. The summed E-state index contributed by atoms with van der Waals surface area (Å²) >= 11 is 0. The van der Waals surface area contributed by atoms with Crippen molar-refractivity contribution in [1.82, 2.24) is 20.2 Å². The average molecular weight is 662 g/mol. The monoisotopic (exact) mass is 661 g/mol. The second kappa shape index (κ2) is 12.4. The molecule has 4 heterocycles. The summed E-state index contributed by atoms with van der Waals surface area (Å²) in [5, 5.41) is 25.7. The lowest BCUT2D eigenvalue weighted by Crippen LogP contribution is -2.51. The molecule has 12 heteroatoms. The van der Waals surface area contributed by atoms with Gasteiger partial charge < -0.3 is 39.5 Å². The lowest BCUT2D eigenvalue weighted by Gasteiger charge is -2.44. The number of hydrogen-bond acceptors (Lipinski definition) is 10. The van der Waals surface area contributed by atoms with Gasteiger partial charge in [-0.3, -0.25) is 0 Å². The minimum absolute atomic E-state index is 0.00388. The fourth-order valence-corrected chi connectivity index (χ4v) is 8.28. The largest absolute Gasteiger partial charge is 0.508 e. The molecule has 3 aliphatic heterocycles. The summed E-state index contributed by atoms with van der Waals surface area (Å²) in [6.07, 6.45) is 11.1. The number of nitrogens with zero attached hydrogens (tertiary/aromatic N) is 4. The molecule has 2 saturated heterocycles. The highest BCUT2D eigenvalue weighted by Crippen LogP contribution is 2.47. The van der Waals surface area contributed by atoms with Crippen LogP contribution in [-0.4, -0.2) is 90.3 Å². The van der Waals surface area contributed by atoms with Gasteiger partial charge in [0, 0.05) is 23.4 Å². The van der Waals surface area contributed by atoms with Crippen LogP contribution in [0.2, 0.25) is 0 Å². The number of likely N-dealkylation sites (tertiary alicyclic amines) is 1. The number of aromatic nitrogens is 2. The standard InChI is InChI=1S/C36H41F2N5O5/c1-5-23-25(37)10-9-21-16-22(44)17-24(27(21)23)30-29(38)31-28(33(39-30)46-4)32(43-14-15-47-19-35(2,45)18-43)41-34(40-31)48-20-36-11-6-8-26(36)42(3)13-7-12-36/h1,9-10,16-17,26,30,39,44-45H,6-8,11-15,18-20H2,2-4H3/t26-,30?,35+,36-/m1/s1. The Kier molecular flexibility index (Phi) is 8.34. The fraction of sp³-hybridized carbons (Fsp3) is 0.500. The average Bonchev–Trinajstić information content (AvgIpc) is 3.42. The molecule has 3 aromatic rings. The molecule has 48 heavy (non-hydrogen) atoms. The van der Waals surface area contributed by atoms with Crippen LogP contribution in [0.3, 0.4) is 0 Å². The first-order valence-corrected chi connectivity index (χ1v) is 16.5. The summed E-state index contributed by atoms with van der Waals surface area (Å²) in [4.78, 5) is 13.7. The Morgan fingerprint density at radius 2 is 2.00 bits per heavy atom. The first-order valence-electron chi connectivity index (χ1n) is 16.5. The van der Waals surface area contributed by atoms with Crippen LogP contribution in [0.15, 0.2) is 24.3 Å². The zero-order chi connectivity index (χ0) is 33.8. The Morgan fingerprint density at radius 1 is 1.19 bits per heavy atom. The van der Waals surface area contributed by atoms with Gasteiger partial charge in [-0.05, 0) is 75.3 Å². The molecule has 254 valence electrons. The maximum absolute atomic E-state index is 17.2. The number of halogens is 2. The molecule has 1 saturated carbocycles. The van der Waals surface area contributed by atoms with Crippen LogP contribution in [0, 0.1) is 23.6 Å². The molecule has 0 spiro atoms. The van der Waals surface area contributed by atoms with Crippen molar-refractivity contribution in [1.29, 1.82) is 0 Å². The van der Waals surface area contributed by atoms with Crippen molar-refractivity contribution in [3.05, 3.63) is 51.8 Å². The van der Waals surface area contributed by atoms with Gasteiger partial charge in [0.25, 0.3) is 0 Å². The number of rotatable bonds is 6. The summed E-state index contributed by atoms with van der Waals surface area (Å²) in [6, 6.07) is 4.65. The second-order valence-electron chi connectivity index (χ2n) is 13.8. The fourth-order valence-electron chi connectivity index (χ4n) is 8.28. The number of anilines is 1. The minimum Gasteiger partial charge on any atom is -0.508 e. The number of terminal acetylenes is 1. The van der Waals surface area contributed by atoms with Gasteiger partial charge in [-0.2, -0.15) is 9.97 Å². The Labute approximate surface area is 278 Å². The van der Waals surface area contributed by atoms with Gasteiger partial charge >= 0.3 is 6.01 Å². The highest BCUT2D eigenvalue weighted by Gasteiger charge is 2.47. The number of β-amino-alcohol motifs (C(OH)–C–C–N with tert-alkyl or cyclic N) is 1. The molecule has 3 N–H and O–H groups in total. The number of phenols is 1. The predicted molar refractivity (Wildman–Crippen MR) is 177 cm³/mol. The van der Waals surface area contributed by atoms with E-state index in [0.717, 1.165) is 38.6 Å². The number of nitrogens with one attached hydrogen (secondary N) is 1. The van der Waals surface area contributed by atoms with Crippen LogP contribution >= 0.6 is 0 Å². The van der Waals surface area contributed by atoms with Crippen molar-refractivity contribution in [2.75, 3.05) is 58.5 Å². The smallest absolute Gasteiger partial charge is 0.319 e. The lowest BCUT2D eigenvalue weighted by atomic mass is 9.76. The number of benzene rings is 2. The Hall–Kier alpha value is -4.18. The van der Waals surface area contributed by atoms with Crippen LogP contribution < -0.4 is 25.5 Å². The third-order valence-corrected chi connectivity index (χ3v) is 10.4. The van der Waals surface area contributed by atoms with Gasteiger partial charge in [0.15, 0.2) is 5.83 Å². The highest BCUT2D eigenvalue weighted by molar-refractivity contribution is 5.94. The van der Waals surface area contributed by atoms with Crippen molar-refractivity contribution in [3.63, 3.8) is 0 Å². The van der Waals surface area contributed by atoms with Crippen molar-refractivity contribution < 1.29 is 33.2 Å². The molecule has 0 radical (unpaired) electrons. The third-order valence-electron chi connectivity index (χ3n) is 10.4. The number of fused-ring (bicyclic) bond motifs is 3. The van der Waals surface area contributed by atoms with Crippen LogP contribution in [0.5, 0.6) is 11.8 Å². The van der Waals surface area contributed by atoms with E-state index in [4.69, 9.17) is 25.6 Å². The maximum atomic E-state index is 17.2. The molecule has 0 bridgehead atoms. The van der Waals surface area contributed by atoms with Crippen LogP contribution in [0.4, 0.5) is 14.6 Å². The van der Waals surface area contributed by atoms with E-state index in [2.05, 4.69) is 28.2 Å². The molecule has 1 aliphatic carbocycles. The van der Waals surface area contributed by atoms with Gasteiger partial charge in [-0.25, -0.2) is 8.78 Å². The molecular weight excluding hydrogens is 620 g/mol. The lowest BCUT2D eigenvalue weighted by molar-refractivity contribution is -0.0123. The third kappa shape index (κ3) is 5.57. The Balaban J connectivity index is 1.42. The number of aliphatic hydroxyl groups is 1. The van der Waals surface area contributed by atoms with Crippen LogP contribution in [0.1, 0.15) is 56.2 Å². The van der Waals surface area contributed by atoms with E-state index in [1.165, 1.54) is 31.4 Å². The predicted octanol–water partition coefficient (Wildman–Crippen LogP) is 2.82. The normalized spacial score (nSPS) is 27.6. The van der Waals surface area contributed by atoms with E-state index in [0.29, 0.717) is 37.0 Å². The van der Waals surface area contributed by atoms with Gasteiger partial charge in [0.1, 0.15) is 39.6 Å². The quantitative estimate of drug-likeness (QED) is 0.341. The first kappa shape index (κ1) is 32.4. The van der Waals surface area contributed by atoms with Gasteiger partial charge in [0.2, 0.25) is 5.88 Å². The van der Waals surface area contributed by atoms with Crippen molar-refractivity contribution in [2.24, 2.45) is 5.41 Å². The number of piperidine rings is 1. The number of hydrogen-bond donors (Lipinski definition) is 3.